The van der Waals surface area contributed by atoms with Crippen LogP contribution in [0.5, 0.6) is 0 Å². The number of amides is 1. The number of hydrogen-bond acceptors (Lipinski definition) is 3. The van der Waals surface area contributed by atoms with Crippen LogP contribution >= 0.6 is 11.3 Å². The van der Waals surface area contributed by atoms with E-state index in [1.165, 1.54) is 0 Å². The number of likely N-dealkylation sites (tertiary alicyclic amines) is 1. The summed E-state index contributed by atoms with van der Waals surface area (Å²) in [5.41, 5.74) is 0. The number of aliphatic hydroxyl groups excluding tert-OH is 1. The highest BCUT2D eigenvalue weighted by molar-refractivity contribution is 7.09. The number of halogens is 3. The first-order valence-corrected chi connectivity index (χ1v) is 7.81. The molecular formula is C14H18F3NO2S. The lowest BCUT2D eigenvalue weighted by molar-refractivity contribution is -0.222. The van der Waals surface area contributed by atoms with Crippen LogP contribution in [0.25, 0.3) is 0 Å². The molecule has 0 radical (unpaired) electrons. The van der Waals surface area contributed by atoms with Crippen LogP contribution in [-0.4, -0.2) is 41.3 Å². The third kappa shape index (κ3) is 4.44. The molecule has 1 saturated heterocycles. The number of nitrogens with zero attached hydrogens (tertiary/aromatic N) is 1. The van der Waals surface area contributed by atoms with Gasteiger partial charge in [0.05, 0.1) is 0 Å². The molecule has 0 spiro atoms. The summed E-state index contributed by atoms with van der Waals surface area (Å²) in [6, 6.07) is 3.89. The van der Waals surface area contributed by atoms with Gasteiger partial charge in [-0.3, -0.25) is 4.79 Å². The van der Waals surface area contributed by atoms with Gasteiger partial charge >= 0.3 is 6.18 Å². The minimum absolute atomic E-state index is 0.0247. The molecule has 1 aromatic rings. The van der Waals surface area contributed by atoms with Crippen molar-refractivity contribution >= 4 is 17.2 Å². The van der Waals surface area contributed by atoms with Crippen molar-refractivity contribution in [3.8, 4) is 0 Å². The predicted molar refractivity (Wildman–Crippen MR) is 74.0 cm³/mol. The van der Waals surface area contributed by atoms with Gasteiger partial charge in [0, 0.05) is 24.4 Å². The largest absolute Gasteiger partial charge is 0.414 e. The zero-order valence-electron chi connectivity index (χ0n) is 11.5. The molecule has 2 rings (SSSR count). The normalized spacial score (nSPS) is 18.8. The van der Waals surface area contributed by atoms with Crippen molar-refractivity contribution < 1.29 is 23.1 Å². The molecule has 0 aliphatic carbocycles. The number of piperidine rings is 1. The average molecular weight is 321 g/mol. The molecule has 0 bridgehead atoms. The van der Waals surface area contributed by atoms with Gasteiger partial charge in [0.2, 0.25) is 5.91 Å². The van der Waals surface area contributed by atoms with E-state index < -0.39 is 18.2 Å². The number of alkyl halides is 3. The average Bonchev–Trinajstić information content (AvgIpc) is 2.96. The van der Waals surface area contributed by atoms with Gasteiger partial charge < -0.3 is 10.0 Å². The van der Waals surface area contributed by atoms with Crippen molar-refractivity contribution in [2.45, 2.75) is 38.0 Å². The van der Waals surface area contributed by atoms with Crippen molar-refractivity contribution in [2.75, 3.05) is 13.1 Å². The quantitative estimate of drug-likeness (QED) is 0.926. The van der Waals surface area contributed by atoms with Gasteiger partial charge in [-0.15, -0.1) is 11.3 Å². The molecular weight excluding hydrogens is 303 g/mol. The highest BCUT2D eigenvalue weighted by atomic mass is 32.1. The maximum absolute atomic E-state index is 12.4. The van der Waals surface area contributed by atoms with Gasteiger partial charge in [-0.2, -0.15) is 13.2 Å². The van der Waals surface area contributed by atoms with Gasteiger partial charge in [0.1, 0.15) is 0 Å². The molecule has 1 atom stereocenters. The summed E-state index contributed by atoms with van der Waals surface area (Å²) < 4.78 is 37.3. The molecule has 1 aromatic heterocycles. The zero-order chi connectivity index (χ0) is 15.5. The molecule has 1 aliphatic rings. The number of aryl methyl sites for hydroxylation is 1. The second-order valence-corrected chi connectivity index (χ2v) is 6.32. The van der Waals surface area contributed by atoms with Gasteiger partial charge in [-0.05, 0) is 36.6 Å². The molecule has 1 N–H and O–H groups in total. The van der Waals surface area contributed by atoms with Gasteiger partial charge in [0.15, 0.2) is 6.10 Å². The number of thiophene rings is 1. The molecule has 0 saturated carbocycles. The first-order valence-electron chi connectivity index (χ1n) is 6.93. The van der Waals surface area contributed by atoms with E-state index in [0.717, 1.165) is 4.88 Å². The van der Waals surface area contributed by atoms with E-state index in [2.05, 4.69) is 0 Å². The third-order valence-electron chi connectivity index (χ3n) is 3.84. The van der Waals surface area contributed by atoms with Crippen molar-refractivity contribution in [1.29, 1.82) is 0 Å². The smallest absolute Gasteiger partial charge is 0.383 e. The summed E-state index contributed by atoms with van der Waals surface area (Å²) >= 11 is 1.59. The molecule has 1 fully saturated rings. The van der Waals surface area contributed by atoms with E-state index in [1.807, 2.05) is 17.5 Å². The zero-order valence-corrected chi connectivity index (χ0v) is 12.3. The molecule has 2 heterocycles. The topological polar surface area (TPSA) is 40.5 Å². The van der Waals surface area contributed by atoms with Crippen LogP contribution in [0, 0.1) is 5.92 Å². The molecule has 1 aliphatic heterocycles. The highest BCUT2D eigenvalue weighted by Crippen LogP contribution is 2.31. The minimum atomic E-state index is -4.57. The number of carbonyl (C=O) groups is 1. The number of carbonyl (C=O) groups excluding carboxylic acids is 1. The summed E-state index contributed by atoms with van der Waals surface area (Å²) in [7, 11) is 0. The fraction of sp³-hybridized carbons (Fsp3) is 0.643. The summed E-state index contributed by atoms with van der Waals surface area (Å²) in [5, 5.41) is 11.2. The van der Waals surface area contributed by atoms with Crippen molar-refractivity contribution in [1.82, 2.24) is 4.90 Å². The van der Waals surface area contributed by atoms with Crippen LogP contribution in [-0.2, 0) is 11.2 Å². The van der Waals surface area contributed by atoms with E-state index in [9.17, 15) is 23.1 Å². The van der Waals surface area contributed by atoms with E-state index in [1.54, 1.807) is 16.2 Å². The summed E-state index contributed by atoms with van der Waals surface area (Å²) in [6.07, 6.45) is -5.40. The van der Waals surface area contributed by atoms with E-state index >= 15 is 0 Å². The monoisotopic (exact) mass is 321 g/mol. The number of rotatable bonds is 4. The SMILES string of the molecule is O=C(CCc1cccs1)N1CCC(C(O)C(F)(F)F)CC1. The Kier molecular flexibility index (Phi) is 5.27. The van der Waals surface area contributed by atoms with Crippen molar-refractivity contribution in [3.05, 3.63) is 22.4 Å². The van der Waals surface area contributed by atoms with E-state index in [-0.39, 0.29) is 18.7 Å². The first-order chi connectivity index (χ1) is 9.88. The summed E-state index contributed by atoms with van der Waals surface area (Å²) in [4.78, 5) is 14.7. The lowest BCUT2D eigenvalue weighted by Crippen LogP contribution is -2.45. The maximum Gasteiger partial charge on any atom is 0.414 e. The molecule has 1 amide bonds. The molecule has 3 nitrogen and oxygen atoms in total. The Bertz CT molecular complexity index is 453. The molecule has 118 valence electrons. The highest BCUT2D eigenvalue weighted by Gasteiger charge is 2.44. The van der Waals surface area contributed by atoms with Crippen LogP contribution < -0.4 is 0 Å². The van der Waals surface area contributed by atoms with Gasteiger partial charge in [0.25, 0.3) is 0 Å². The second kappa shape index (κ2) is 6.79. The first kappa shape index (κ1) is 16.3. The second-order valence-electron chi connectivity index (χ2n) is 5.28. The molecule has 0 aromatic carbocycles. The van der Waals surface area contributed by atoms with Crippen LogP contribution in [0.15, 0.2) is 17.5 Å². The Labute approximate surface area is 125 Å². The number of hydrogen-bond donors (Lipinski definition) is 1. The van der Waals surface area contributed by atoms with E-state index in [0.29, 0.717) is 25.9 Å². The Morgan fingerprint density at radius 1 is 1.43 bits per heavy atom. The Morgan fingerprint density at radius 2 is 2.10 bits per heavy atom. The Hall–Kier alpha value is -1.08. The summed E-state index contributed by atoms with van der Waals surface area (Å²) in [6.45, 7) is 0.585. The van der Waals surface area contributed by atoms with Crippen LogP contribution in [0.1, 0.15) is 24.1 Å². The van der Waals surface area contributed by atoms with E-state index in [4.69, 9.17) is 0 Å². The molecule has 1 unspecified atom stereocenters. The van der Waals surface area contributed by atoms with Crippen molar-refractivity contribution in [2.24, 2.45) is 5.92 Å². The fourth-order valence-corrected chi connectivity index (χ4v) is 3.28. The lowest BCUT2D eigenvalue weighted by atomic mass is 9.90. The van der Waals surface area contributed by atoms with Crippen LogP contribution in [0.3, 0.4) is 0 Å². The fourth-order valence-electron chi connectivity index (χ4n) is 2.57. The van der Waals surface area contributed by atoms with Crippen molar-refractivity contribution in [3.63, 3.8) is 0 Å². The predicted octanol–water partition coefficient (Wildman–Crippen LogP) is 2.84. The third-order valence-corrected chi connectivity index (χ3v) is 4.78. The van der Waals surface area contributed by atoms with Gasteiger partial charge in [-0.1, -0.05) is 6.07 Å². The molecule has 7 heteroatoms. The maximum atomic E-state index is 12.4. The van der Waals surface area contributed by atoms with Crippen LogP contribution in [0.4, 0.5) is 13.2 Å². The molecule has 21 heavy (non-hydrogen) atoms. The lowest BCUT2D eigenvalue weighted by Gasteiger charge is -2.34. The minimum Gasteiger partial charge on any atom is -0.383 e. The van der Waals surface area contributed by atoms with Gasteiger partial charge in [-0.25, -0.2) is 0 Å². The number of aliphatic hydroxyl groups is 1. The standard InChI is InChI=1S/C14H18F3NO2S/c15-14(16,17)13(20)10-5-7-18(8-6-10)12(19)4-3-11-2-1-9-21-11/h1-2,9-10,13,20H,3-8H2. The van der Waals surface area contributed by atoms with Crippen LogP contribution in [0.2, 0.25) is 0 Å². The Morgan fingerprint density at radius 3 is 2.62 bits per heavy atom. The Balaban J connectivity index is 1.77. The summed E-state index contributed by atoms with van der Waals surface area (Å²) in [5.74, 6) is -0.824.